The summed E-state index contributed by atoms with van der Waals surface area (Å²) in [6, 6.07) is 7.59. The van der Waals surface area contributed by atoms with E-state index in [0.717, 1.165) is 50.3 Å². The second-order valence-electron chi connectivity index (χ2n) is 5.71. The lowest BCUT2D eigenvalue weighted by atomic mass is 10.2. The van der Waals surface area contributed by atoms with E-state index in [9.17, 15) is 4.79 Å². The highest BCUT2D eigenvalue weighted by molar-refractivity contribution is 5.95. The molecule has 6 nitrogen and oxygen atoms in total. The Morgan fingerprint density at radius 1 is 1.22 bits per heavy atom. The number of hydrogen-bond donors (Lipinski definition) is 1. The Kier molecular flexibility index (Phi) is 5.15. The molecule has 1 aliphatic heterocycles. The van der Waals surface area contributed by atoms with E-state index in [1.807, 2.05) is 31.2 Å². The number of carbonyl (C=O) groups is 1. The van der Waals surface area contributed by atoms with Crippen LogP contribution in [0.25, 0.3) is 11.0 Å². The van der Waals surface area contributed by atoms with Crippen LogP contribution in [0, 0.1) is 6.92 Å². The third kappa shape index (κ3) is 4.03. The van der Waals surface area contributed by atoms with Crippen molar-refractivity contribution in [1.82, 2.24) is 20.2 Å². The van der Waals surface area contributed by atoms with Gasteiger partial charge in [0.15, 0.2) is 0 Å². The topological polar surface area (TPSA) is 67.4 Å². The second kappa shape index (κ2) is 7.48. The average Bonchev–Trinajstić information content (AvgIpc) is 2.59. The molecule has 1 N–H and O–H groups in total. The molecule has 1 fully saturated rings. The Labute approximate surface area is 135 Å². The van der Waals surface area contributed by atoms with Gasteiger partial charge >= 0.3 is 0 Å². The number of nitrogens with zero attached hydrogens (tertiary/aromatic N) is 3. The first-order chi connectivity index (χ1) is 11.2. The molecular formula is C17H22N4O2. The number of fused-ring (bicyclic) bond motifs is 1. The fourth-order valence-electron chi connectivity index (χ4n) is 2.72. The molecule has 1 aliphatic rings. The highest BCUT2D eigenvalue weighted by Crippen LogP contribution is 2.12. The van der Waals surface area contributed by atoms with E-state index in [-0.39, 0.29) is 5.91 Å². The third-order valence-electron chi connectivity index (χ3n) is 4.00. The van der Waals surface area contributed by atoms with E-state index in [1.54, 1.807) is 0 Å². The molecule has 3 rings (SSSR count). The van der Waals surface area contributed by atoms with Gasteiger partial charge in [-0.2, -0.15) is 0 Å². The van der Waals surface area contributed by atoms with E-state index in [4.69, 9.17) is 4.74 Å². The predicted octanol–water partition coefficient (Wildman–Crippen LogP) is 1.39. The summed E-state index contributed by atoms with van der Waals surface area (Å²) >= 11 is 0. The Hall–Kier alpha value is -2.05. The molecule has 0 radical (unpaired) electrons. The summed E-state index contributed by atoms with van der Waals surface area (Å²) in [7, 11) is 0. The molecule has 0 aliphatic carbocycles. The number of carbonyl (C=O) groups excluding carboxylic acids is 1. The van der Waals surface area contributed by atoms with Crippen LogP contribution in [0.3, 0.4) is 0 Å². The zero-order valence-electron chi connectivity index (χ0n) is 13.4. The summed E-state index contributed by atoms with van der Waals surface area (Å²) < 4.78 is 5.32. The number of benzene rings is 1. The molecule has 6 heteroatoms. The van der Waals surface area contributed by atoms with E-state index < -0.39 is 0 Å². The maximum Gasteiger partial charge on any atom is 0.271 e. The minimum atomic E-state index is -0.150. The number of aryl methyl sites for hydroxylation is 1. The minimum Gasteiger partial charge on any atom is -0.379 e. The summed E-state index contributed by atoms with van der Waals surface area (Å²) in [5.74, 6) is -0.150. The highest BCUT2D eigenvalue weighted by atomic mass is 16.5. The van der Waals surface area contributed by atoms with Gasteiger partial charge in [-0.15, -0.1) is 0 Å². The summed E-state index contributed by atoms with van der Waals surface area (Å²) in [6.45, 7) is 7.00. The van der Waals surface area contributed by atoms with Crippen LogP contribution >= 0.6 is 0 Å². The van der Waals surface area contributed by atoms with Crippen molar-refractivity contribution < 1.29 is 9.53 Å². The fourth-order valence-corrected chi connectivity index (χ4v) is 2.72. The van der Waals surface area contributed by atoms with Crippen LogP contribution in [0.15, 0.2) is 24.3 Å². The van der Waals surface area contributed by atoms with Crippen LogP contribution in [0.5, 0.6) is 0 Å². The second-order valence-corrected chi connectivity index (χ2v) is 5.71. The molecule has 1 saturated heterocycles. The summed E-state index contributed by atoms with van der Waals surface area (Å²) in [6.07, 6.45) is 0.922. The molecule has 1 amide bonds. The predicted molar refractivity (Wildman–Crippen MR) is 88.5 cm³/mol. The van der Waals surface area contributed by atoms with Crippen molar-refractivity contribution in [3.8, 4) is 0 Å². The number of hydrogen-bond acceptors (Lipinski definition) is 5. The lowest BCUT2D eigenvalue weighted by Gasteiger charge is -2.26. The number of morpholine rings is 1. The number of rotatable bonds is 5. The largest absolute Gasteiger partial charge is 0.379 e. The van der Waals surface area contributed by atoms with Gasteiger partial charge in [-0.05, 0) is 32.0 Å². The van der Waals surface area contributed by atoms with E-state index in [2.05, 4.69) is 20.2 Å². The van der Waals surface area contributed by atoms with Crippen molar-refractivity contribution in [2.24, 2.45) is 0 Å². The monoisotopic (exact) mass is 314 g/mol. The zero-order chi connectivity index (χ0) is 16.1. The maximum atomic E-state index is 12.3. The van der Waals surface area contributed by atoms with Gasteiger partial charge in [-0.25, -0.2) is 9.97 Å². The summed E-state index contributed by atoms with van der Waals surface area (Å²) in [4.78, 5) is 23.6. The molecule has 122 valence electrons. The van der Waals surface area contributed by atoms with Crippen molar-refractivity contribution >= 4 is 16.9 Å². The average molecular weight is 314 g/mol. The van der Waals surface area contributed by atoms with Crippen LogP contribution in [-0.4, -0.2) is 60.2 Å². The van der Waals surface area contributed by atoms with Gasteiger partial charge in [-0.1, -0.05) is 12.1 Å². The molecule has 1 aromatic heterocycles. The molecule has 0 unspecified atom stereocenters. The van der Waals surface area contributed by atoms with E-state index in [0.29, 0.717) is 17.9 Å². The first-order valence-electron chi connectivity index (χ1n) is 8.06. The van der Waals surface area contributed by atoms with Crippen LogP contribution < -0.4 is 5.32 Å². The van der Waals surface area contributed by atoms with Gasteiger partial charge in [0.05, 0.1) is 29.9 Å². The Bertz CT molecular complexity index is 683. The maximum absolute atomic E-state index is 12.3. The normalized spacial score (nSPS) is 15.7. The Balaban J connectivity index is 1.54. The molecular weight excluding hydrogens is 292 g/mol. The van der Waals surface area contributed by atoms with Crippen molar-refractivity contribution in [2.45, 2.75) is 13.3 Å². The quantitative estimate of drug-likeness (QED) is 0.845. The first-order valence-corrected chi connectivity index (χ1v) is 8.06. The zero-order valence-corrected chi connectivity index (χ0v) is 13.4. The van der Waals surface area contributed by atoms with Gasteiger partial charge in [0.25, 0.3) is 5.91 Å². The van der Waals surface area contributed by atoms with Gasteiger partial charge in [0.2, 0.25) is 0 Å². The first kappa shape index (κ1) is 15.8. The standard InChI is InChI=1S/C17H22N4O2/c1-13-16(20-15-6-3-2-5-14(15)19-13)17(22)18-7-4-8-21-9-11-23-12-10-21/h2-3,5-6H,4,7-12H2,1H3,(H,18,22). The minimum absolute atomic E-state index is 0.150. The number of nitrogens with one attached hydrogen (secondary N) is 1. The van der Waals surface area contributed by atoms with E-state index in [1.165, 1.54) is 0 Å². The summed E-state index contributed by atoms with van der Waals surface area (Å²) in [5, 5.41) is 2.94. The Morgan fingerprint density at radius 2 is 1.91 bits per heavy atom. The van der Waals surface area contributed by atoms with Crippen LogP contribution in [0.4, 0.5) is 0 Å². The molecule has 1 aromatic carbocycles. The molecule has 2 heterocycles. The van der Waals surface area contributed by atoms with Crippen molar-refractivity contribution in [2.75, 3.05) is 39.4 Å². The smallest absolute Gasteiger partial charge is 0.271 e. The van der Waals surface area contributed by atoms with Crippen LogP contribution in [0.1, 0.15) is 22.6 Å². The number of amides is 1. The van der Waals surface area contributed by atoms with E-state index >= 15 is 0 Å². The number of para-hydroxylation sites is 2. The number of aromatic nitrogens is 2. The van der Waals surface area contributed by atoms with Gasteiger partial charge in [0.1, 0.15) is 5.69 Å². The third-order valence-corrected chi connectivity index (χ3v) is 4.00. The molecule has 2 aromatic rings. The molecule has 0 spiro atoms. The van der Waals surface area contributed by atoms with Gasteiger partial charge < -0.3 is 10.1 Å². The lowest BCUT2D eigenvalue weighted by Crippen LogP contribution is -2.38. The molecule has 23 heavy (non-hydrogen) atoms. The van der Waals surface area contributed by atoms with Crippen molar-refractivity contribution in [3.63, 3.8) is 0 Å². The SMILES string of the molecule is Cc1nc2ccccc2nc1C(=O)NCCCN1CCOCC1. The lowest BCUT2D eigenvalue weighted by molar-refractivity contribution is 0.0374. The Morgan fingerprint density at radius 3 is 2.65 bits per heavy atom. The van der Waals surface area contributed by atoms with Crippen molar-refractivity contribution in [1.29, 1.82) is 0 Å². The van der Waals surface area contributed by atoms with Gasteiger partial charge in [-0.3, -0.25) is 9.69 Å². The van der Waals surface area contributed by atoms with Crippen LogP contribution in [-0.2, 0) is 4.74 Å². The molecule has 0 saturated carbocycles. The van der Waals surface area contributed by atoms with Gasteiger partial charge in [0, 0.05) is 19.6 Å². The fraction of sp³-hybridized carbons (Fsp3) is 0.471. The highest BCUT2D eigenvalue weighted by Gasteiger charge is 2.14. The molecule has 0 atom stereocenters. The van der Waals surface area contributed by atoms with Crippen LogP contribution in [0.2, 0.25) is 0 Å². The molecule has 0 bridgehead atoms. The number of ether oxygens (including phenoxy) is 1. The summed E-state index contributed by atoms with van der Waals surface area (Å²) in [5.41, 5.74) is 2.63. The van der Waals surface area contributed by atoms with Crippen molar-refractivity contribution in [3.05, 3.63) is 35.7 Å².